The summed E-state index contributed by atoms with van der Waals surface area (Å²) in [7, 11) is -4.33. The fourth-order valence-corrected chi connectivity index (χ4v) is 3.67. The Bertz CT molecular complexity index is 485. The maximum atomic E-state index is 10.7. The second kappa shape index (κ2) is 14.5. The van der Waals surface area contributed by atoms with E-state index in [0.717, 1.165) is 71.0 Å². The molecule has 29 heavy (non-hydrogen) atoms. The van der Waals surface area contributed by atoms with E-state index in [1.165, 1.54) is 0 Å². The van der Waals surface area contributed by atoms with E-state index >= 15 is 0 Å². The van der Waals surface area contributed by atoms with Gasteiger partial charge in [0.25, 0.3) is 0 Å². The van der Waals surface area contributed by atoms with E-state index in [1.807, 2.05) is 0 Å². The largest absolute Gasteiger partial charge is 0.481 e. The van der Waals surface area contributed by atoms with Gasteiger partial charge >= 0.3 is 13.8 Å². The molecule has 0 aromatic heterocycles. The van der Waals surface area contributed by atoms with Crippen LogP contribution in [0.25, 0.3) is 0 Å². The maximum Gasteiger partial charge on any atom is 0.469 e. The molecule has 0 fully saturated rings. The normalized spacial score (nSPS) is 13.0. The molecule has 0 heterocycles. The van der Waals surface area contributed by atoms with Crippen LogP contribution in [0.1, 0.15) is 98.3 Å². The van der Waals surface area contributed by atoms with Crippen LogP contribution in [0.3, 0.4) is 0 Å². The van der Waals surface area contributed by atoms with E-state index in [9.17, 15) is 9.36 Å². The summed E-state index contributed by atoms with van der Waals surface area (Å²) in [6.07, 6.45) is 9.86. The smallest absolute Gasteiger partial charge is 0.469 e. The molecule has 0 aliphatic carbocycles. The SMILES string of the molecule is CC(C)(CCCCOCCCCC(C)(C)CCC(=O)O)CCCCOP(=O)(O)O. The lowest BCUT2D eigenvalue weighted by Crippen LogP contribution is -2.14. The minimum atomic E-state index is -4.33. The Morgan fingerprint density at radius 2 is 1.17 bits per heavy atom. The summed E-state index contributed by atoms with van der Waals surface area (Å²) in [5, 5.41) is 8.78. The summed E-state index contributed by atoms with van der Waals surface area (Å²) in [6.45, 7) is 10.3. The summed E-state index contributed by atoms with van der Waals surface area (Å²) < 4.78 is 20.8. The van der Waals surface area contributed by atoms with Crippen molar-refractivity contribution < 1.29 is 33.5 Å². The standard InChI is InChI=1S/C21H43O7P/c1-20(2,13-7-10-18-28-29(24,25)26)12-5-8-16-27-17-9-6-14-21(3,4)15-11-19(22)23/h5-18H2,1-4H3,(H,22,23)(H2,24,25,26). The van der Waals surface area contributed by atoms with Gasteiger partial charge in [-0.05, 0) is 55.8 Å². The zero-order chi connectivity index (χ0) is 22.4. The van der Waals surface area contributed by atoms with Crippen LogP contribution >= 0.6 is 7.82 Å². The maximum absolute atomic E-state index is 10.7. The second-order valence-corrected chi connectivity index (χ2v) is 10.8. The molecule has 0 unspecified atom stereocenters. The molecular weight excluding hydrogens is 395 g/mol. The lowest BCUT2D eigenvalue weighted by Gasteiger charge is -2.24. The Hall–Kier alpha value is -0.460. The Morgan fingerprint density at radius 1 is 0.759 bits per heavy atom. The van der Waals surface area contributed by atoms with Gasteiger partial charge < -0.3 is 19.6 Å². The van der Waals surface area contributed by atoms with Crippen molar-refractivity contribution in [1.29, 1.82) is 0 Å². The van der Waals surface area contributed by atoms with Gasteiger partial charge in [0.2, 0.25) is 0 Å². The number of carboxylic acids is 1. The first-order chi connectivity index (χ1) is 13.3. The zero-order valence-corrected chi connectivity index (χ0v) is 19.7. The predicted octanol–water partition coefficient (Wildman–Crippen LogP) is 5.54. The molecule has 0 bridgehead atoms. The minimum absolute atomic E-state index is 0.0753. The van der Waals surface area contributed by atoms with Crippen LogP contribution in [0, 0.1) is 10.8 Å². The molecule has 0 atom stereocenters. The Kier molecular flexibility index (Phi) is 14.3. The summed E-state index contributed by atoms with van der Waals surface area (Å²) in [5.41, 5.74) is 0.287. The number of unbranched alkanes of at least 4 members (excludes halogenated alkanes) is 3. The Morgan fingerprint density at radius 3 is 1.59 bits per heavy atom. The highest BCUT2D eigenvalue weighted by atomic mass is 31.2. The molecule has 0 saturated heterocycles. The lowest BCUT2D eigenvalue weighted by atomic mass is 9.82. The molecule has 0 aromatic rings. The fourth-order valence-electron chi connectivity index (χ4n) is 3.30. The molecule has 0 radical (unpaired) electrons. The van der Waals surface area contributed by atoms with Crippen molar-refractivity contribution in [2.24, 2.45) is 10.8 Å². The van der Waals surface area contributed by atoms with Gasteiger partial charge in [-0.25, -0.2) is 4.57 Å². The first-order valence-corrected chi connectivity index (χ1v) is 12.4. The average molecular weight is 439 g/mol. The zero-order valence-electron chi connectivity index (χ0n) is 18.8. The highest BCUT2D eigenvalue weighted by molar-refractivity contribution is 7.46. The van der Waals surface area contributed by atoms with Crippen molar-refractivity contribution in [3.8, 4) is 0 Å². The third-order valence-corrected chi connectivity index (χ3v) is 5.83. The van der Waals surface area contributed by atoms with E-state index < -0.39 is 13.8 Å². The first-order valence-electron chi connectivity index (χ1n) is 10.8. The molecule has 0 aromatic carbocycles. The summed E-state index contributed by atoms with van der Waals surface area (Å²) in [6, 6.07) is 0. The number of hydrogen-bond acceptors (Lipinski definition) is 4. The third kappa shape index (κ3) is 20.6. The van der Waals surface area contributed by atoms with E-state index in [4.69, 9.17) is 19.6 Å². The number of rotatable bonds is 19. The summed E-state index contributed by atoms with van der Waals surface area (Å²) >= 11 is 0. The van der Waals surface area contributed by atoms with Crippen LogP contribution in [0.5, 0.6) is 0 Å². The van der Waals surface area contributed by atoms with Gasteiger partial charge in [0.15, 0.2) is 0 Å². The second-order valence-electron chi connectivity index (χ2n) is 9.53. The average Bonchev–Trinajstić information content (AvgIpc) is 2.57. The molecule has 0 aliphatic rings. The predicted molar refractivity (Wildman–Crippen MR) is 115 cm³/mol. The number of phosphoric ester groups is 1. The van der Waals surface area contributed by atoms with Crippen LogP contribution < -0.4 is 0 Å². The van der Waals surface area contributed by atoms with Gasteiger partial charge in [-0.15, -0.1) is 0 Å². The highest BCUT2D eigenvalue weighted by Gasteiger charge is 2.19. The van der Waals surface area contributed by atoms with Gasteiger partial charge in [-0.1, -0.05) is 47.0 Å². The molecule has 174 valence electrons. The van der Waals surface area contributed by atoms with Crippen molar-refractivity contribution in [2.75, 3.05) is 19.8 Å². The molecule has 0 rings (SSSR count). The molecule has 0 aliphatic heterocycles. The number of carboxylic acid groups (broad SMARTS) is 1. The Labute approximate surface area is 176 Å². The van der Waals surface area contributed by atoms with Crippen molar-refractivity contribution in [3.63, 3.8) is 0 Å². The topological polar surface area (TPSA) is 113 Å². The first kappa shape index (κ1) is 28.5. The molecule has 0 spiro atoms. The number of carbonyl (C=O) groups is 1. The number of phosphoric acid groups is 1. The van der Waals surface area contributed by atoms with Crippen LogP contribution in [-0.4, -0.2) is 40.7 Å². The van der Waals surface area contributed by atoms with Gasteiger partial charge in [0, 0.05) is 19.6 Å². The van der Waals surface area contributed by atoms with Crippen LogP contribution in [0.4, 0.5) is 0 Å². The van der Waals surface area contributed by atoms with E-state index in [0.29, 0.717) is 6.42 Å². The van der Waals surface area contributed by atoms with Gasteiger partial charge in [-0.3, -0.25) is 9.32 Å². The lowest BCUT2D eigenvalue weighted by molar-refractivity contribution is -0.137. The molecule has 7 nitrogen and oxygen atoms in total. The fraction of sp³-hybridized carbons (Fsp3) is 0.952. The minimum Gasteiger partial charge on any atom is -0.481 e. The van der Waals surface area contributed by atoms with Crippen molar-refractivity contribution in [3.05, 3.63) is 0 Å². The molecule has 3 N–H and O–H groups in total. The summed E-state index contributed by atoms with van der Waals surface area (Å²) in [5.74, 6) is -0.724. The quantitative estimate of drug-likeness (QED) is 0.179. The molecule has 0 saturated carbocycles. The van der Waals surface area contributed by atoms with Crippen LogP contribution in [-0.2, 0) is 18.6 Å². The molecular formula is C21H43O7P. The number of aliphatic carboxylic acids is 1. The van der Waals surface area contributed by atoms with Crippen LogP contribution in [0.15, 0.2) is 0 Å². The van der Waals surface area contributed by atoms with Gasteiger partial charge in [0.1, 0.15) is 0 Å². The monoisotopic (exact) mass is 438 g/mol. The van der Waals surface area contributed by atoms with E-state index in [2.05, 4.69) is 32.2 Å². The van der Waals surface area contributed by atoms with E-state index in [1.54, 1.807) is 0 Å². The number of ether oxygens (including phenoxy) is 1. The Balaban J connectivity index is 3.59. The van der Waals surface area contributed by atoms with Crippen LogP contribution in [0.2, 0.25) is 0 Å². The van der Waals surface area contributed by atoms with Crippen molar-refractivity contribution in [1.82, 2.24) is 0 Å². The number of hydrogen-bond donors (Lipinski definition) is 3. The highest BCUT2D eigenvalue weighted by Crippen LogP contribution is 2.36. The van der Waals surface area contributed by atoms with Crippen molar-refractivity contribution in [2.45, 2.75) is 98.3 Å². The van der Waals surface area contributed by atoms with Gasteiger partial charge in [0.05, 0.1) is 6.61 Å². The summed E-state index contributed by atoms with van der Waals surface area (Å²) in [4.78, 5) is 28.0. The molecule has 8 heteroatoms. The van der Waals surface area contributed by atoms with Crippen molar-refractivity contribution >= 4 is 13.8 Å². The third-order valence-electron chi connectivity index (χ3n) is 5.31. The van der Waals surface area contributed by atoms with Gasteiger partial charge in [-0.2, -0.15) is 0 Å². The van der Waals surface area contributed by atoms with E-state index in [-0.39, 0.29) is 23.9 Å². The molecule has 0 amide bonds.